The average molecular weight is 304 g/mol. The standard InChI is InChI=1S/C19H20N4/c1-2-23-12-11-21-19(23)22-14-15-7-9-16(10-8-15)18-6-4-3-5-17(18)13-20/h3-10H,2,11-12,14H2,1H3,(H,21,22). The Bertz CT molecular complexity index is 741. The van der Waals surface area contributed by atoms with Crippen LogP contribution in [0, 0.1) is 11.3 Å². The number of nitrogens with zero attached hydrogens (tertiary/aromatic N) is 3. The summed E-state index contributed by atoms with van der Waals surface area (Å²) < 4.78 is 0. The third-order valence-electron chi connectivity index (χ3n) is 4.08. The van der Waals surface area contributed by atoms with Gasteiger partial charge in [0.1, 0.15) is 0 Å². The summed E-state index contributed by atoms with van der Waals surface area (Å²) in [5.74, 6) is 0.992. The molecule has 1 aliphatic heterocycles. The monoisotopic (exact) mass is 304 g/mol. The third-order valence-corrected chi connectivity index (χ3v) is 4.08. The van der Waals surface area contributed by atoms with Crippen molar-refractivity contribution in [2.75, 3.05) is 19.6 Å². The van der Waals surface area contributed by atoms with Crippen LogP contribution in [0.3, 0.4) is 0 Å². The lowest BCUT2D eigenvalue weighted by molar-refractivity contribution is 0.466. The Morgan fingerprint density at radius 1 is 1.17 bits per heavy atom. The van der Waals surface area contributed by atoms with Gasteiger partial charge >= 0.3 is 0 Å². The van der Waals surface area contributed by atoms with Crippen LogP contribution in [0.15, 0.2) is 53.5 Å². The van der Waals surface area contributed by atoms with E-state index in [1.807, 2.05) is 24.3 Å². The van der Waals surface area contributed by atoms with Gasteiger partial charge in [-0.3, -0.25) is 4.99 Å². The lowest BCUT2D eigenvalue weighted by atomic mass is 9.99. The van der Waals surface area contributed by atoms with Gasteiger partial charge in [0, 0.05) is 19.6 Å². The summed E-state index contributed by atoms with van der Waals surface area (Å²) in [6.45, 7) is 5.76. The van der Waals surface area contributed by atoms with E-state index in [1.54, 1.807) is 0 Å². The molecular formula is C19H20N4. The van der Waals surface area contributed by atoms with Gasteiger partial charge in [-0.15, -0.1) is 0 Å². The smallest absolute Gasteiger partial charge is 0.194 e. The quantitative estimate of drug-likeness (QED) is 0.944. The molecule has 2 aromatic rings. The highest BCUT2D eigenvalue weighted by molar-refractivity contribution is 5.81. The molecule has 0 amide bonds. The number of rotatable bonds is 4. The minimum atomic E-state index is 0.706. The Balaban J connectivity index is 1.69. The number of benzene rings is 2. The summed E-state index contributed by atoms with van der Waals surface area (Å²) >= 11 is 0. The lowest BCUT2D eigenvalue weighted by Gasteiger charge is -2.19. The van der Waals surface area contributed by atoms with Crippen LogP contribution in [0.2, 0.25) is 0 Å². The molecule has 0 atom stereocenters. The Morgan fingerprint density at radius 2 is 1.96 bits per heavy atom. The van der Waals surface area contributed by atoms with Gasteiger partial charge in [0.2, 0.25) is 0 Å². The Labute approximate surface area is 137 Å². The maximum absolute atomic E-state index is 9.21. The number of nitrogens with one attached hydrogen (secondary N) is 1. The van der Waals surface area contributed by atoms with Gasteiger partial charge in [-0.25, -0.2) is 0 Å². The molecule has 0 radical (unpaired) electrons. The molecule has 1 heterocycles. The fourth-order valence-corrected chi connectivity index (χ4v) is 2.77. The average Bonchev–Trinajstić information content (AvgIpc) is 3.08. The molecule has 0 spiro atoms. The summed E-state index contributed by atoms with van der Waals surface area (Å²) in [6, 6.07) is 18.3. The largest absolute Gasteiger partial charge is 0.352 e. The van der Waals surface area contributed by atoms with E-state index < -0.39 is 0 Å². The molecule has 3 rings (SSSR count). The van der Waals surface area contributed by atoms with E-state index in [1.165, 1.54) is 5.56 Å². The van der Waals surface area contributed by atoms with Crippen LogP contribution in [-0.2, 0) is 6.54 Å². The molecule has 2 aromatic carbocycles. The zero-order valence-corrected chi connectivity index (χ0v) is 13.3. The number of aliphatic imine (C=N–C) groups is 1. The number of likely N-dealkylation sites (N-methyl/N-ethyl adjacent to an activating group) is 1. The van der Waals surface area contributed by atoms with E-state index in [2.05, 4.69) is 52.5 Å². The highest BCUT2D eigenvalue weighted by Crippen LogP contribution is 2.23. The lowest BCUT2D eigenvalue weighted by Crippen LogP contribution is -2.37. The van der Waals surface area contributed by atoms with Crippen LogP contribution in [0.4, 0.5) is 0 Å². The van der Waals surface area contributed by atoms with Crippen molar-refractivity contribution in [3.63, 3.8) is 0 Å². The van der Waals surface area contributed by atoms with Crippen molar-refractivity contribution in [1.82, 2.24) is 10.2 Å². The summed E-state index contributed by atoms with van der Waals surface area (Å²) in [4.78, 5) is 6.73. The van der Waals surface area contributed by atoms with Crippen molar-refractivity contribution in [3.8, 4) is 17.2 Å². The first-order chi connectivity index (χ1) is 11.3. The molecule has 116 valence electrons. The molecule has 0 saturated heterocycles. The second-order valence-electron chi connectivity index (χ2n) is 5.49. The van der Waals surface area contributed by atoms with Crippen LogP contribution >= 0.6 is 0 Å². The molecule has 0 bridgehead atoms. The summed E-state index contributed by atoms with van der Waals surface area (Å²) in [7, 11) is 0. The van der Waals surface area contributed by atoms with Gasteiger partial charge in [0.05, 0.1) is 18.2 Å². The van der Waals surface area contributed by atoms with Gasteiger partial charge in [-0.2, -0.15) is 5.26 Å². The molecule has 0 aliphatic carbocycles. The number of hydrogen-bond donors (Lipinski definition) is 1. The molecule has 0 unspecified atom stereocenters. The zero-order valence-electron chi connectivity index (χ0n) is 13.3. The molecule has 0 aromatic heterocycles. The number of guanidine groups is 1. The van der Waals surface area contributed by atoms with E-state index in [0.717, 1.165) is 43.3 Å². The van der Waals surface area contributed by atoms with Gasteiger partial charge in [-0.05, 0) is 29.7 Å². The van der Waals surface area contributed by atoms with Crippen LogP contribution < -0.4 is 5.32 Å². The highest BCUT2D eigenvalue weighted by atomic mass is 15.3. The van der Waals surface area contributed by atoms with Crippen molar-refractivity contribution in [1.29, 1.82) is 5.26 Å². The van der Waals surface area contributed by atoms with Crippen LogP contribution in [0.5, 0.6) is 0 Å². The van der Waals surface area contributed by atoms with E-state index in [0.29, 0.717) is 5.56 Å². The predicted molar refractivity (Wildman–Crippen MR) is 93.0 cm³/mol. The minimum absolute atomic E-state index is 0.706. The van der Waals surface area contributed by atoms with Crippen molar-refractivity contribution in [2.45, 2.75) is 13.5 Å². The van der Waals surface area contributed by atoms with Crippen LogP contribution in [-0.4, -0.2) is 30.5 Å². The Morgan fingerprint density at radius 3 is 2.70 bits per heavy atom. The van der Waals surface area contributed by atoms with Crippen molar-refractivity contribution in [3.05, 3.63) is 59.7 Å². The molecule has 23 heavy (non-hydrogen) atoms. The van der Waals surface area contributed by atoms with Crippen molar-refractivity contribution in [2.24, 2.45) is 4.99 Å². The van der Waals surface area contributed by atoms with E-state index in [9.17, 15) is 5.26 Å². The van der Waals surface area contributed by atoms with Gasteiger partial charge in [-0.1, -0.05) is 42.5 Å². The second-order valence-corrected chi connectivity index (χ2v) is 5.49. The second kappa shape index (κ2) is 6.97. The molecule has 0 saturated carbocycles. The van der Waals surface area contributed by atoms with Crippen molar-refractivity contribution >= 4 is 5.96 Å². The first-order valence-corrected chi connectivity index (χ1v) is 7.93. The molecular weight excluding hydrogens is 284 g/mol. The normalized spacial score (nSPS) is 13.6. The summed E-state index contributed by atoms with van der Waals surface area (Å²) in [5, 5.41) is 12.6. The number of hydrogen-bond acceptors (Lipinski definition) is 4. The Hall–Kier alpha value is -2.80. The topological polar surface area (TPSA) is 51.4 Å². The molecule has 4 nitrogen and oxygen atoms in total. The SMILES string of the molecule is CCN1CCN=C1NCc1ccc(-c2ccccc2C#N)cc1. The minimum Gasteiger partial charge on any atom is -0.352 e. The van der Waals surface area contributed by atoms with Crippen LogP contribution in [0.25, 0.3) is 11.1 Å². The van der Waals surface area contributed by atoms with Crippen molar-refractivity contribution < 1.29 is 0 Å². The Kier molecular flexibility index (Phi) is 4.58. The fraction of sp³-hybridized carbons (Fsp3) is 0.263. The summed E-state index contributed by atoms with van der Waals surface area (Å²) in [6.07, 6.45) is 0. The van der Waals surface area contributed by atoms with E-state index in [-0.39, 0.29) is 0 Å². The first kappa shape index (κ1) is 15.1. The van der Waals surface area contributed by atoms with Crippen LogP contribution in [0.1, 0.15) is 18.1 Å². The maximum atomic E-state index is 9.21. The fourth-order valence-electron chi connectivity index (χ4n) is 2.77. The molecule has 0 fully saturated rings. The van der Waals surface area contributed by atoms with Gasteiger partial charge in [0.15, 0.2) is 5.96 Å². The van der Waals surface area contributed by atoms with E-state index >= 15 is 0 Å². The predicted octanol–water partition coefficient (Wildman–Crippen LogP) is 3.01. The maximum Gasteiger partial charge on any atom is 0.194 e. The highest BCUT2D eigenvalue weighted by Gasteiger charge is 2.14. The third kappa shape index (κ3) is 3.35. The zero-order chi connectivity index (χ0) is 16.1. The molecule has 1 N–H and O–H groups in total. The van der Waals surface area contributed by atoms with E-state index in [4.69, 9.17) is 0 Å². The van der Waals surface area contributed by atoms with Gasteiger partial charge in [0.25, 0.3) is 0 Å². The first-order valence-electron chi connectivity index (χ1n) is 7.93. The number of nitriles is 1. The summed E-state index contributed by atoms with van der Waals surface area (Å²) in [5.41, 5.74) is 3.96. The molecule has 4 heteroatoms. The molecule has 1 aliphatic rings. The van der Waals surface area contributed by atoms with Gasteiger partial charge < -0.3 is 10.2 Å².